The van der Waals surface area contributed by atoms with Gasteiger partial charge in [-0.05, 0) is 32.1 Å². The number of hydrogen-bond acceptors (Lipinski definition) is 3. The molecule has 3 nitrogen and oxygen atoms in total. The molecular formula is C12H26N2O. The molecule has 1 heterocycles. The fraction of sp³-hybridized carbons (Fsp3) is 1.00. The summed E-state index contributed by atoms with van der Waals surface area (Å²) in [7, 11) is 0. The van der Waals surface area contributed by atoms with E-state index in [0.717, 1.165) is 19.7 Å². The first-order chi connectivity index (χ1) is 6.83. The fourth-order valence-electron chi connectivity index (χ4n) is 1.58. The molecule has 0 bridgehead atoms. The van der Waals surface area contributed by atoms with Crippen molar-refractivity contribution < 1.29 is 4.74 Å². The molecular weight excluding hydrogens is 188 g/mol. The molecule has 1 saturated heterocycles. The van der Waals surface area contributed by atoms with Crippen molar-refractivity contribution in [3.63, 3.8) is 0 Å². The minimum Gasteiger partial charge on any atom is -0.377 e. The fourth-order valence-corrected chi connectivity index (χ4v) is 1.58. The highest BCUT2D eigenvalue weighted by Gasteiger charge is 2.33. The van der Waals surface area contributed by atoms with Gasteiger partial charge in [-0.3, -0.25) is 0 Å². The molecule has 1 atom stereocenters. The standard InChI is InChI=1S/C12H26N2O/c1-11(2,12(3,4)13)9-14-8-10-6-5-7-15-10/h10,14H,5-9,13H2,1-4H3. The van der Waals surface area contributed by atoms with Gasteiger partial charge in [0.25, 0.3) is 0 Å². The van der Waals surface area contributed by atoms with Crippen molar-refractivity contribution in [2.24, 2.45) is 11.1 Å². The van der Waals surface area contributed by atoms with Gasteiger partial charge in [0.15, 0.2) is 0 Å². The van der Waals surface area contributed by atoms with E-state index >= 15 is 0 Å². The minimum absolute atomic E-state index is 0.103. The van der Waals surface area contributed by atoms with Crippen molar-refractivity contribution in [1.82, 2.24) is 5.32 Å². The van der Waals surface area contributed by atoms with Crippen molar-refractivity contribution in [2.45, 2.75) is 52.2 Å². The summed E-state index contributed by atoms with van der Waals surface area (Å²) in [5.41, 5.74) is 6.08. The van der Waals surface area contributed by atoms with Crippen LogP contribution in [0.15, 0.2) is 0 Å². The molecule has 0 aromatic carbocycles. The molecule has 0 spiro atoms. The Hall–Kier alpha value is -0.120. The monoisotopic (exact) mass is 214 g/mol. The molecule has 3 heteroatoms. The summed E-state index contributed by atoms with van der Waals surface area (Å²) in [4.78, 5) is 0. The second-order valence-electron chi connectivity index (χ2n) is 5.87. The minimum atomic E-state index is -0.156. The lowest BCUT2D eigenvalue weighted by atomic mass is 9.75. The maximum absolute atomic E-state index is 6.14. The molecule has 0 aromatic rings. The van der Waals surface area contributed by atoms with Crippen molar-refractivity contribution in [3.05, 3.63) is 0 Å². The van der Waals surface area contributed by atoms with Gasteiger partial charge in [-0.25, -0.2) is 0 Å². The Labute approximate surface area is 93.8 Å². The summed E-state index contributed by atoms with van der Waals surface area (Å²) in [5.74, 6) is 0. The van der Waals surface area contributed by atoms with E-state index < -0.39 is 0 Å². The molecule has 1 rings (SSSR count). The predicted molar refractivity (Wildman–Crippen MR) is 63.9 cm³/mol. The molecule has 1 aliphatic rings. The number of ether oxygens (including phenoxy) is 1. The van der Waals surface area contributed by atoms with Crippen molar-refractivity contribution in [2.75, 3.05) is 19.7 Å². The van der Waals surface area contributed by atoms with E-state index in [1.54, 1.807) is 0 Å². The summed E-state index contributed by atoms with van der Waals surface area (Å²) in [6, 6.07) is 0. The molecule has 1 unspecified atom stereocenters. The Bertz CT molecular complexity index is 190. The molecule has 0 amide bonds. The number of hydrogen-bond donors (Lipinski definition) is 2. The maximum atomic E-state index is 6.14. The molecule has 15 heavy (non-hydrogen) atoms. The van der Waals surface area contributed by atoms with E-state index in [9.17, 15) is 0 Å². The van der Waals surface area contributed by atoms with E-state index in [4.69, 9.17) is 10.5 Å². The molecule has 1 fully saturated rings. The molecule has 0 aromatic heterocycles. The normalized spacial score (nSPS) is 23.4. The Kier molecular flexibility index (Phi) is 4.15. The van der Waals surface area contributed by atoms with Gasteiger partial charge in [-0.1, -0.05) is 13.8 Å². The van der Waals surface area contributed by atoms with Gasteiger partial charge in [0.1, 0.15) is 0 Å². The summed E-state index contributed by atoms with van der Waals surface area (Å²) < 4.78 is 5.56. The van der Waals surface area contributed by atoms with Crippen LogP contribution in [0.5, 0.6) is 0 Å². The quantitative estimate of drug-likeness (QED) is 0.729. The molecule has 0 aliphatic carbocycles. The Morgan fingerprint density at radius 2 is 2.00 bits per heavy atom. The van der Waals surface area contributed by atoms with Gasteiger partial charge in [0, 0.05) is 25.2 Å². The Morgan fingerprint density at radius 3 is 2.47 bits per heavy atom. The lowest BCUT2D eigenvalue weighted by Crippen LogP contribution is -2.52. The summed E-state index contributed by atoms with van der Waals surface area (Å²) >= 11 is 0. The largest absolute Gasteiger partial charge is 0.377 e. The molecule has 0 radical (unpaired) electrons. The lowest BCUT2D eigenvalue weighted by Gasteiger charge is -2.39. The number of nitrogens with one attached hydrogen (secondary N) is 1. The van der Waals surface area contributed by atoms with Crippen LogP contribution >= 0.6 is 0 Å². The third-order valence-electron chi connectivity index (χ3n) is 3.71. The zero-order valence-corrected chi connectivity index (χ0v) is 10.6. The SMILES string of the molecule is CC(C)(N)C(C)(C)CNCC1CCCO1. The summed E-state index contributed by atoms with van der Waals surface area (Å²) in [6.07, 6.45) is 2.82. The van der Waals surface area contributed by atoms with E-state index in [-0.39, 0.29) is 11.0 Å². The van der Waals surface area contributed by atoms with Crippen LogP contribution in [0.25, 0.3) is 0 Å². The van der Waals surface area contributed by atoms with Crippen molar-refractivity contribution in [1.29, 1.82) is 0 Å². The highest BCUT2D eigenvalue weighted by atomic mass is 16.5. The van der Waals surface area contributed by atoms with Gasteiger partial charge in [0.05, 0.1) is 6.10 Å². The van der Waals surface area contributed by atoms with Crippen LogP contribution in [0.2, 0.25) is 0 Å². The van der Waals surface area contributed by atoms with Gasteiger partial charge < -0.3 is 15.8 Å². The highest BCUT2D eigenvalue weighted by molar-refractivity contribution is 4.91. The smallest absolute Gasteiger partial charge is 0.0700 e. The lowest BCUT2D eigenvalue weighted by molar-refractivity contribution is 0.103. The first kappa shape index (κ1) is 12.9. The molecule has 90 valence electrons. The van der Waals surface area contributed by atoms with Crippen molar-refractivity contribution in [3.8, 4) is 0 Å². The average molecular weight is 214 g/mol. The zero-order chi connectivity index (χ0) is 11.5. The number of rotatable bonds is 5. The molecule has 1 aliphatic heterocycles. The Balaban J connectivity index is 2.23. The van der Waals surface area contributed by atoms with Crippen LogP contribution in [0.1, 0.15) is 40.5 Å². The highest BCUT2D eigenvalue weighted by Crippen LogP contribution is 2.27. The first-order valence-corrected chi connectivity index (χ1v) is 5.94. The van der Waals surface area contributed by atoms with Gasteiger partial charge >= 0.3 is 0 Å². The van der Waals surface area contributed by atoms with Crippen LogP contribution in [0.4, 0.5) is 0 Å². The zero-order valence-electron chi connectivity index (χ0n) is 10.6. The number of nitrogens with two attached hydrogens (primary N) is 1. The van der Waals surface area contributed by atoms with Crippen LogP contribution in [-0.2, 0) is 4.74 Å². The van der Waals surface area contributed by atoms with Gasteiger partial charge in [-0.2, -0.15) is 0 Å². The average Bonchev–Trinajstić information content (AvgIpc) is 2.54. The van der Waals surface area contributed by atoms with Crippen LogP contribution < -0.4 is 11.1 Å². The third kappa shape index (κ3) is 3.74. The van der Waals surface area contributed by atoms with Gasteiger partial charge in [0.2, 0.25) is 0 Å². The topological polar surface area (TPSA) is 47.3 Å². The second-order valence-corrected chi connectivity index (χ2v) is 5.87. The van der Waals surface area contributed by atoms with Crippen molar-refractivity contribution >= 4 is 0 Å². The summed E-state index contributed by atoms with van der Waals surface area (Å²) in [6.45, 7) is 11.4. The van der Waals surface area contributed by atoms with E-state index in [2.05, 4.69) is 33.0 Å². The van der Waals surface area contributed by atoms with Gasteiger partial charge in [-0.15, -0.1) is 0 Å². The second kappa shape index (κ2) is 4.81. The first-order valence-electron chi connectivity index (χ1n) is 5.94. The Morgan fingerprint density at radius 1 is 1.33 bits per heavy atom. The molecule has 0 saturated carbocycles. The molecule has 3 N–H and O–H groups in total. The maximum Gasteiger partial charge on any atom is 0.0700 e. The van der Waals surface area contributed by atoms with Crippen LogP contribution in [0, 0.1) is 5.41 Å². The summed E-state index contributed by atoms with van der Waals surface area (Å²) in [5, 5.41) is 3.47. The third-order valence-corrected chi connectivity index (χ3v) is 3.71. The van der Waals surface area contributed by atoms with Crippen LogP contribution in [-0.4, -0.2) is 31.3 Å². The van der Waals surface area contributed by atoms with E-state index in [0.29, 0.717) is 6.10 Å². The van der Waals surface area contributed by atoms with E-state index in [1.165, 1.54) is 12.8 Å². The predicted octanol–water partition coefficient (Wildman–Crippen LogP) is 1.52. The van der Waals surface area contributed by atoms with E-state index in [1.807, 2.05) is 0 Å². The van der Waals surface area contributed by atoms with Crippen LogP contribution in [0.3, 0.4) is 0 Å².